The topological polar surface area (TPSA) is 40.1 Å². The Labute approximate surface area is 210 Å². The number of thiol groups is 1. The molecule has 190 valence electrons. The minimum atomic E-state index is -1.08. The van der Waals surface area contributed by atoms with Gasteiger partial charge in [0.2, 0.25) is 0 Å². The lowest BCUT2D eigenvalue weighted by Gasteiger charge is -2.60. The van der Waals surface area contributed by atoms with Gasteiger partial charge in [-0.3, -0.25) is 0 Å². The molecule has 0 aromatic rings. The first-order valence-corrected chi connectivity index (χ1v) is 14.6. The average molecular weight is 476 g/mol. The van der Waals surface area contributed by atoms with E-state index in [-0.39, 0.29) is 0 Å². The number of carbonyl (C=O) groups is 1. The first-order valence-electron chi connectivity index (χ1n) is 14.0. The second kappa shape index (κ2) is 11.1. The van der Waals surface area contributed by atoms with Crippen LogP contribution < -0.4 is 5.11 Å². The van der Waals surface area contributed by atoms with Crippen molar-refractivity contribution in [2.24, 2.45) is 52.3 Å². The highest BCUT2D eigenvalue weighted by molar-refractivity contribution is 7.80. The lowest BCUT2D eigenvalue weighted by atomic mass is 9.44. The van der Waals surface area contributed by atoms with Crippen LogP contribution in [0.15, 0.2) is 11.6 Å². The van der Waals surface area contributed by atoms with Gasteiger partial charge in [-0.05, 0) is 111 Å². The molecule has 3 saturated carbocycles. The van der Waals surface area contributed by atoms with E-state index in [0.29, 0.717) is 10.8 Å². The van der Waals surface area contributed by atoms with Crippen LogP contribution in [-0.4, -0.2) is 11.7 Å². The van der Waals surface area contributed by atoms with E-state index < -0.39 is 5.97 Å². The number of carbonyl (C=O) groups excluding carboxylic acids is 1. The molecule has 3 heteroatoms. The van der Waals surface area contributed by atoms with Gasteiger partial charge in [-0.1, -0.05) is 65.5 Å². The number of carboxylic acids is 1. The molecule has 0 amide bonds. The third kappa shape index (κ3) is 5.70. The van der Waals surface area contributed by atoms with Crippen LogP contribution in [0.1, 0.15) is 112 Å². The summed E-state index contributed by atoms with van der Waals surface area (Å²) in [6, 6.07) is 0. The zero-order chi connectivity index (χ0) is 24.4. The molecular formula is C30H51O2S-. The molecule has 0 saturated heterocycles. The largest absolute Gasteiger partial charge is 0.550 e. The molecule has 0 spiro atoms. The second-order valence-electron chi connectivity index (χ2n) is 13.1. The Morgan fingerprint density at radius 3 is 2.36 bits per heavy atom. The molecule has 3 fully saturated rings. The van der Waals surface area contributed by atoms with E-state index in [9.17, 15) is 0 Å². The van der Waals surface area contributed by atoms with Crippen molar-refractivity contribution in [1.82, 2.24) is 0 Å². The first-order chi connectivity index (χ1) is 15.5. The van der Waals surface area contributed by atoms with E-state index in [0.717, 1.165) is 54.1 Å². The fourth-order valence-corrected chi connectivity index (χ4v) is 9.45. The zero-order valence-electron chi connectivity index (χ0n) is 22.4. The maximum absolute atomic E-state index is 8.89. The van der Waals surface area contributed by atoms with Crippen LogP contribution in [0.5, 0.6) is 0 Å². The Kier molecular flexibility index (Phi) is 9.12. The predicted octanol–water partition coefficient (Wildman–Crippen LogP) is 7.33. The number of carboxylic acid groups (broad SMARTS) is 1. The Morgan fingerprint density at radius 1 is 1.06 bits per heavy atom. The Hall–Kier alpha value is -0.440. The second-order valence-corrected chi connectivity index (χ2v) is 13.4. The van der Waals surface area contributed by atoms with Gasteiger partial charge in [0.25, 0.3) is 0 Å². The van der Waals surface area contributed by atoms with Gasteiger partial charge in [-0.2, -0.15) is 12.6 Å². The van der Waals surface area contributed by atoms with Crippen LogP contribution in [0.3, 0.4) is 0 Å². The summed E-state index contributed by atoms with van der Waals surface area (Å²) >= 11 is 4.66. The molecule has 0 N–H and O–H groups in total. The van der Waals surface area contributed by atoms with Crippen LogP contribution >= 0.6 is 12.6 Å². The summed E-state index contributed by atoms with van der Waals surface area (Å²) in [6.45, 7) is 13.8. The number of allylic oxidation sites excluding steroid dienone is 1. The fraction of sp³-hybridized carbons (Fsp3) is 0.900. The molecule has 0 aliphatic heterocycles. The summed E-state index contributed by atoms with van der Waals surface area (Å²) in [6.07, 6.45) is 18.7. The van der Waals surface area contributed by atoms with Crippen molar-refractivity contribution in [3.05, 3.63) is 11.6 Å². The minimum Gasteiger partial charge on any atom is -0.550 e. The van der Waals surface area contributed by atoms with Gasteiger partial charge in [-0.15, -0.1) is 0 Å². The minimum absolute atomic E-state index is 0.567. The lowest BCUT2D eigenvalue weighted by molar-refractivity contribution is -0.302. The van der Waals surface area contributed by atoms with E-state index in [1.807, 2.05) is 0 Å². The Bertz CT molecular complexity index is 695. The number of rotatable bonds is 6. The van der Waals surface area contributed by atoms with Crippen molar-refractivity contribution in [2.45, 2.75) is 112 Å². The Balaban J connectivity index is 0.000000709. The van der Waals surface area contributed by atoms with E-state index >= 15 is 0 Å². The smallest absolute Gasteiger partial charge is 0.0383 e. The molecule has 0 aromatic heterocycles. The third-order valence-corrected chi connectivity index (χ3v) is 11.2. The molecule has 4 aliphatic carbocycles. The summed E-state index contributed by atoms with van der Waals surface area (Å²) in [4.78, 5) is 8.89. The van der Waals surface area contributed by atoms with Gasteiger partial charge in [0.05, 0.1) is 0 Å². The molecule has 4 rings (SSSR count). The van der Waals surface area contributed by atoms with E-state index in [2.05, 4.69) is 53.3 Å². The van der Waals surface area contributed by atoms with Gasteiger partial charge in [0, 0.05) is 11.7 Å². The van der Waals surface area contributed by atoms with Crippen LogP contribution in [0.4, 0.5) is 0 Å². The van der Waals surface area contributed by atoms with Crippen LogP contribution in [0.25, 0.3) is 0 Å². The molecular weight excluding hydrogens is 424 g/mol. The highest BCUT2D eigenvalue weighted by Crippen LogP contribution is 2.68. The molecule has 0 radical (unpaired) electrons. The van der Waals surface area contributed by atoms with Crippen molar-refractivity contribution in [2.75, 3.05) is 5.75 Å². The lowest BCUT2D eigenvalue weighted by Crippen LogP contribution is -2.53. The molecule has 33 heavy (non-hydrogen) atoms. The monoisotopic (exact) mass is 475 g/mol. The molecule has 0 aromatic carbocycles. The van der Waals surface area contributed by atoms with Crippen LogP contribution in [-0.2, 0) is 4.79 Å². The van der Waals surface area contributed by atoms with Crippen LogP contribution in [0.2, 0.25) is 0 Å². The summed E-state index contributed by atoms with van der Waals surface area (Å²) in [5.74, 6) is 6.65. The highest BCUT2D eigenvalue weighted by Gasteiger charge is 2.60. The summed E-state index contributed by atoms with van der Waals surface area (Å²) in [5.41, 5.74) is 2.85. The summed E-state index contributed by atoms with van der Waals surface area (Å²) in [5, 5.41) is 8.89. The maximum Gasteiger partial charge on any atom is 0.0383 e. The van der Waals surface area contributed by atoms with Crippen molar-refractivity contribution in [3.8, 4) is 0 Å². The molecule has 2 nitrogen and oxygen atoms in total. The van der Waals surface area contributed by atoms with E-state index in [1.54, 1.807) is 5.57 Å². The number of hydrogen-bond acceptors (Lipinski definition) is 3. The standard InChI is InChI=1S/C28H48S.C2H4O2/c1-19(2)7-6-8-20(3)24-13-14-25-23-12-11-22-10-9-21(18-29)17-28(22,5)26(23)15-16-27(24,25)4;1-2(3)4/h9,19-20,22-26,29H,6-8,10-18H2,1-5H3;1H3,(H,3,4)/p-1/t20-,22-,23+,24-,25+,26+,27-,28+;/m1./s1. The van der Waals surface area contributed by atoms with Crippen LogP contribution in [0, 0.1) is 52.3 Å². The first kappa shape index (κ1) is 27.2. The zero-order valence-corrected chi connectivity index (χ0v) is 23.3. The normalized spacial score (nSPS) is 40.6. The van der Waals surface area contributed by atoms with Gasteiger partial charge in [0.1, 0.15) is 0 Å². The van der Waals surface area contributed by atoms with Gasteiger partial charge in [0.15, 0.2) is 0 Å². The molecule has 8 atom stereocenters. The summed E-state index contributed by atoms with van der Waals surface area (Å²) in [7, 11) is 0. The van der Waals surface area contributed by atoms with Gasteiger partial charge >= 0.3 is 0 Å². The van der Waals surface area contributed by atoms with E-state index in [1.165, 1.54) is 70.6 Å². The van der Waals surface area contributed by atoms with E-state index in [4.69, 9.17) is 9.90 Å². The van der Waals surface area contributed by atoms with Gasteiger partial charge in [-0.25, -0.2) is 0 Å². The maximum atomic E-state index is 8.89. The molecule has 0 unspecified atom stereocenters. The third-order valence-electron chi connectivity index (χ3n) is 10.8. The quantitative estimate of drug-likeness (QED) is 0.323. The van der Waals surface area contributed by atoms with Crippen molar-refractivity contribution < 1.29 is 9.90 Å². The van der Waals surface area contributed by atoms with Crippen molar-refractivity contribution >= 4 is 18.6 Å². The highest BCUT2D eigenvalue weighted by atomic mass is 32.1. The summed E-state index contributed by atoms with van der Waals surface area (Å²) < 4.78 is 0. The number of aliphatic carboxylic acids is 1. The number of fused-ring (bicyclic) bond motifs is 5. The molecule has 4 aliphatic rings. The fourth-order valence-electron chi connectivity index (χ4n) is 9.21. The average Bonchev–Trinajstić information content (AvgIpc) is 3.09. The number of hydrogen-bond donors (Lipinski definition) is 1. The molecule has 0 heterocycles. The Morgan fingerprint density at radius 2 is 1.73 bits per heavy atom. The molecule has 0 bridgehead atoms. The van der Waals surface area contributed by atoms with Crippen molar-refractivity contribution in [3.63, 3.8) is 0 Å². The van der Waals surface area contributed by atoms with Crippen molar-refractivity contribution in [1.29, 1.82) is 0 Å². The predicted molar refractivity (Wildman–Crippen MR) is 141 cm³/mol. The SMILES string of the molecule is CC(=O)[O-].CC(C)CCC[C@@H](C)[C@H]1CC[C@H]2[C@@H]3CC[C@H]4CC=C(CS)C[C@]4(C)[C@H]3CC[C@]12C. The van der Waals surface area contributed by atoms with Gasteiger partial charge < -0.3 is 9.90 Å².